The van der Waals surface area contributed by atoms with Crippen molar-refractivity contribution >= 4 is 5.97 Å². The molecule has 6 heteroatoms. The molecule has 0 radical (unpaired) electrons. The number of halogens is 2. The molecule has 1 aromatic carbocycles. The minimum absolute atomic E-state index is 0.128. The highest BCUT2D eigenvalue weighted by molar-refractivity contribution is 5.71. The molecule has 0 amide bonds. The number of carbonyl (C=O) groups is 1. The molecular formula is C14H17F2NO3. The number of carboxylic acids is 1. The third-order valence-corrected chi connectivity index (χ3v) is 3.58. The van der Waals surface area contributed by atoms with Crippen LogP contribution < -0.4 is 10.1 Å². The Balaban J connectivity index is 2.36. The van der Waals surface area contributed by atoms with Crippen molar-refractivity contribution in [1.29, 1.82) is 0 Å². The highest BCUT2D eigenvalue weighted by Crippen LogP contribution is 2.41. The summed E-state index contributed by atoms with van der Waals surface area (Å²) in [6, 6.07) is 4.27. The molecule has 1 aliphatic heterocycles. The number of alkyl halides is 2. The summed E-state index contributed by atoms with van der Waals surface area (Å²) in [4.78, 5) is 11.0. The molecule has 20 heavy (non-hydrogen) atoms. The number of benzene rings is 1. The molecule has 1 heterocycles. The fourth-order valence-electron chi connectivity index (χ4n) is 2.56. The molecule has 0 spiro atoms. The number of carboxylic acid groups (broad SMARTS) is 1. The number of hydrogen-bond acceptors (Lipinski definition) is 3. The van der Waals surface area contributed by atoms with Crippen LogP contribution in [0.25, 0.3) is 0 Å². The first-order valence-corrected chi connectivity index (χ1v) is 6.36. The number of nitrogens with one attached hydrogen (secondary N) is 1. The zero-order chi connectivity index (χ0) is 14.9. The normalized spacial score (nSPS) is 22.8. The first-order valence-electron chi connectivity index (χ1n) is 6.36. The average Bonchev–Trinajstić information content (AvgIpc) is 2.86. The number of aliphatic carboxylic acids is 1. The lowest BCUT2D eigenvalue weighted by Crippen LogP contribution is -2.18. The largest absolute Gasteiger partial charge is 0.496 e. The van der Waals surface area contributed by atoms with Crippen LogP contribution in [-0.2, 0) is 10.7 Å². The van der Waals surface area contributed by atoms with E-state index in [-0.39, 0.29) is 17.4 Å². The summed E-state index contributed by atoms with van der Waals surface area (Å²) in [7, 11) is 1.34. The topological polar surface area (TPSA) is 58.6 Å². The van der Waals surface area contributed by atoms with E-state index in [1.54, 1.807) is 12.1 Å². The lowest BCUT2D eigenvalue weighted by molar-refractivity contribution is -0.141. The summed E-state index contributed by atoms with van der Waals surface area (Å²) in [5.74, 6) is -4.26. The van der Waals surface area contributed by atoms with Crippen LogP contribution in [0.3, 0.4) is 0 Å². The Bertz CT molecular complexity index is 514. The molecule has 1 fully saturated rings. The second-order valence-electron chi connectivity index (χ2n) is 5.05. The fraction of sp³-hybridized carbons (Fsp3) is 0.500. The Morgan fingerprint density at radius 2 is 2.20 bits per heavy atom. The van der Waals surface area contributed by atoms with Crippen molar-refractivity contribution in [2.75, 3.05) is 13.7 Å². The van der Waals surface area contributed by atoms with Crippen molar-refractivity contribution < 1.29 is 23.4 Å². The van der Waals surface area contributed by atoms with Gasteiger partial charge in [0, 0.05) is 25.1 Å². The van der Waals surface area contributed by atoms with Gasteiger partial charge in [0.2, 0.25) is 0 Å². The van der Waals surface area contributed by atoms with Gasteiger partial charge in [0.1, 0.15) is 5.75 Å². The predicted octanol–water partition coefficient (Wildman–Crippen LogP) is 2.54. The Hall–Kier alpha value is -1.69. The number of methoxy groups -OCH3 is 1. The smallest absolute Gasteiger partial charge is 0.307 e. The number of hydrogen-bond donors (Lipinski definition) is 2. The summed E-state index contributed by atoms with van der Waals surface area (Å²) in [5.41, 5.74) is 0.397. The summed E-state index contributed by atoms with van der Waals surface area (Å²) < 4.78 is 32.3. The number of ether oxygens (including phenoxy) is 1. The molecular weight excluding hydrogens is 268 g/mol. The highest BCUT2D eigenvalue weighted by atomic mass is 19.3. The quantitative estimate of drug-likeness (QED) is 0.892. The van der Waals surface area contributed by atoms with E-state index in [1.165, 1.54) is 13.2 Å². The van der Waals surface area contributed by atoms with Crippen molar-refractivity contribution in [3.8, 4) is 5.75 Å². The van der Waals surface area contributed by atoms with E-state index >= 15 is 0 Å². The molecule has 1 aliphatic rings. The van der Waals surface area contributed by atoms with Gasteiger partial charge in [0.15, 0.2) is 0 Å². The predicted molar refractivity (Wildman–Crippen MR) is 69.0 cm³/mol. The van der Waals surface area contributed by atoms with Gasteiger partial charge in [-0.2, -0.15) is 0 Å². The van der Waals surface area contributed by atoms with Crippen LogP contribution in [0.5, 0.6) is 5.75 Å². The molecule has 0 aromatic heterocycles. The third kappa shape index (κ3) is 2.75. The van der Waals surface area contributed by atoms with Crippen molar-refractivity contribution in [1.82, 2.24) is 5.32 Å². The molecule has 0 aliphatic carbocycles. The van der Waals surface area contributed by atoms with E-state index in [2.05, 4.69) is 5.32 Å². The van der Waals surface area contributed by atoms with Crippen LogP contribution in [-0.4, -0.2) is 24.7 Å². The zero-order valence-electron chi connectivity index (χ0n) is 11.3. The molecule has 110 valence electrons. The molecule has 2 atom stereocenters. The van der Waals surface area contributed by atoms with Crippen molar-refractivity contribution in [2.45, 2.75) is 25.3 Å². The average molecular weight is 285 g/mol. The molecule has 1 aromatic rings. The summed E-state index contributed by atoms with van der Waals surface area (Å²) in [6.45, 7) is 1.15. The Morgan fingerprint density at radius 1 is 1.50 bits per heavy atom. The van der Waals surface area contributed by atoms with Crippen LogP contribution in [0.2, 0.25) is 0 Å². The van der Waals surface area contributed by atoms with Gasteiger partial charge >= 0.3 is 5.97 Å². The van der Waals surface area contributed by atoms with E-state index < -0.39 is 17.8 Å². The molecule has 2 rings (SSSR count). The Labute approximate surface area is 115 Å². The molecule has 0 bridgehead atoms. The summed E-state index contributed by atoms with van der Waals surface area (Å²) >= 11 is 0. The fourth-order valence-corrected chi connectivity index (χ4v) is 2.56. The van der Waals surface area contributed by atoms with E-state index in [9.17, 15) is 13.6 Å². The Kier molecular flexibility index (Phi) is 3.94. The molecule has 1 saturated heterocycles. The van der Waals surface area contributed by atoms with Gasteiger partial charge in [0.05, 0.1) is 18.6 Å². The maximum atomic E-state index is 13.6. The molecule has 0 saturated carbocycles. The van der Waals surface area contributed by atoms with Crippen LogP contribution >= 0.6 is 0 Å². The monoisotopic (exact) mass is 285 g/mol. The first-order chi connectivity index (χ1) is 9.34. The summed E-state index contributed by atoms with van der Waals surface area (Å²) in [5, 5.41) is 12.0. The van der Waals surface area contributed by atoms with E-state index in [1.807, 2.05) is 0 Å². The molecule has 4 nitrogen and oxygen atoms in total. The van der Waals surface area contributed by atoms with Crippen molar-refractivity contribution in [3.63, 3.8) is 0 Å². The van der Waals surface area contributed by atoms with Gasteiger partial charge in [-0.3, -0.25) is 4.79 Å². The second-order valence-corrected chi connectivity index (χ2v) is 5.05. The number of para-hydroxylation sites is 1. The molecule has 2 N–H and O–H groups in total. The van der Waals surface area contributed by atoms with Crippen LogP contribution in [0.4, 0.5) is 8.78 Å². The Morgan fingerprint density at radius 3 is 2.70 bits per heavy atom. The summed E-state index contributed by atoms with van der Waals surface area (Å²) in [6.07, 6.45) is 0.366. The van der Waals surface area contributed by atoms with E-state index in [0.717, 1.165) is 6.92 Å². The second kappa shape index (κ2) is 5.36. The van der Waals surface area contributed by atoms with E-state index in [0.29, 0.717) is 18.5 Å². The maximum Gasteiger partial charge on any atom is 0.307 e. The lowest BCUT2D eigenvalue weighted by atomic mass is 9.96. The van der Waals surface area contributed by atoms with Crippen molar-refractivity contribution in [3.05, 3.63) is 29.3 Å². The maximum absolute atomic E-state index is 13.6. The SMILES string of the molecule is COc1c(C2CC(C(=O)O)CN2)cccc1C(C)(F)F. The van der Waals surface area contributed by atoms with Crippen LogP contribution in [0, 0.1) is 5.92 Å². The van der Waals surface area contributed by atoms with Crippen LogP contribution in [0.1, 0.15) is 30.5 Å². The standard InChI is InChI=1S/C14H17F2NO3/c1-14(15,16)10-5-3-4-9(12(10)20-2)11-6-8(7-17-11)13(18)19/h3-5,8,11,17H,6-7H2,1-2H3,(H,18,19). The first kappa shape index (κ1) is 14.7. The minimum atomic E-state index is -3.01. The highest BCUT2D eigenvalue weighted by Gasteiger charge is 2.35. The lowest BCUT2D eigenvalue weighted by Gasteiger charge is -2.21. The van der Waals surface area contributed by atoms with Crippen LogP contribution in [0.15, 0.2) is 18.2 Å². The van der Waals surface area contributed by atoms with E-state index in [4.69, 9.17) is 9.84 Å². The van der Waals surface area contributed by atoms with Gasteiger partial charge in [-0.25, -0.2) is 8.78 Å². The molecule has 2 unspecified atom stereocenters. The van der Waals surface area contributed by atoms with Gasteiger partial charge in [-0.1, -0.05) is 12.1 Å². The minimum Gasteiger partial charge on any atom is -0.496 e. The van der Waals surface area contributed by atoms with Gasteiger partial charge in [-0.05, 0) is 12.5 Å². The van der Waals surface area contributed by atoms with Gasteiger partial charge in [-0.15, -0.1) is 0 Å². The number of rotatable bonds is 4. The van der Waals surface area contributed by atoms with Gasteiger partial charge in [0.25, 0.3) is 5.92 Å². The third-order valence-electron chi connectivity index (χ3n) is 3.58. The van der Waals surface area contributed by atoms with Gasteiger partial charge < -0.3 is 15.2 Å². The zero-order valence-corrected chi connectivity index (χ0v) is 11.3. The van der Waals surface area contributed by atoms with Crippen molar-refractivity contribution in [2.24, 2.45) is 5.92 Å².